The second-order valence-electron chi connectivity index (χ2n) is 9.38. The third-order valence-corrected chi connectivity index (χ3v) is 6.79. The highest BCUT2D eigenvalue weighted by atomic mass is 16.5. The number of hydrogen-bond donors (Lipinski definition) is 3. The molecule has 2 atom stereocenters. The van der Waals surface area contributed by atoms with Gasteiger partial charge in [-0.05, 0) is 35.7 Å². The minimum Gasteiger partial charge on any atom is -0.497 e. The molecule has 4 aromatic rings. The van der Waals surface area contributed by atoms with Crippen LogP contribution >= 0.6 is 0 Å². The van der Waals surface area contributed by atoms with E-state index < -0.39 is 24.0 Å². The fourth-order valence-electron chi connectivity index (χ4n) is 4.82. The number of carbonyl (C=O) groups is 2. The number of aliphatic carboxylic acids is 1. The predicted octanol–water partition coefficient (Wildman–Crippen LogP) is 3.68. The minimum atomic E-state index is -0.960. The summed E-state index contributed by atoms with van der Waals surface area (Å²) in [6.07, 6.45) is 3.20. The first-order valence-corrected chi connectivity index (χ1v) is 12.6. The molecule has 39 heavy (non-hydrogen) atoms. The summed E-state index contributed by atoms with van der Waals surface area (Å²) in [5, 5.41) is 20.4. The topological polar surface area (TPSA) is 130 Å². The Morgan fingerprint density at radius 3 is 2.77 bits per heavy atom. The highest BCUT2D eigenvalue weighted by molar-refractivity contribution is 5.77. The number of piperidine rings is 1. The maximum Gasteiger partial charge on any atom is 0.407 e. The van der Waals surface area contributed by atoms with E-state index in [9.17, 15) is 14.7 Å². The lowest BCUT2D eigenvalue weighted by Crippen LogP contribution is -2.53. The van der Waals surface area contributed by atoms with Crippen LogP contribution in [0.5, 0.6) is 5.75 Å². The number of alkyl carbamates (subject to hydrolysis) is 1. The summed E-state index contributed by atoms with van der Waals surface area (Å²) >= 11 is 0. The molecule has 1 fully saturated rings. The quantitative estimate of drug-likeness (QED) is 0.297. The average molecular weight is 531 g/mol. The summed E-state index contributed by atoms with van der Waals surface area (Å²) in [4.78, 5) is 31.1. The van der Waals surface area contributed by atoms with Gasteiger partial charge in [0.1, 0.15) is 24.2 Å². The number of fused-ring (bicyclic) bond motifs is 1. The second-order valence-corrected chi connectivity index (χ2v) is 9.38. The van der Waals surface area contributed by atoms with Crippen molar-refractivity contribution in [2.45, 2.75) is 25.6 Å². The first-order valence-electron chi connectivity index (χ1n) is 12.6. The fourth-order valence-corrected chi connectivity index (χ4v) is 4.82. The van der Waals surface area contributed by atoms with Gasteiger partial charge in [-0.2, -0.15) is 5.10 Å². The minimum absolute atomic E-state index is 0.124. The van der Waals surface area contributed by atoms with E-state index in [0.717, 1.165) is 28.1 Å². The molecule has 2 aromatic carbocycles. The number of carboxylic acid groups (broad SMARTS) is 1. The fraction of sp³-hybridized carbons (Fsp3) is 0.286. The number of carbonyl (C=O) groups excluding carboxylic acids is 1. The number of amides is 1. The van der Waals surface area contributed by atoms with Gasteiger partial charge in [0.25, 0.3) is 0 Å². The van der Waals surface area contributed by atoms with Crippen LogP contribution in [0, 0.1) is 5.92 Å². The molecule has 0 spiro atoms. The van der Waals surface area contributed by atoms with E-state index in [2.05, 4.69) is 25.6 Å². The van der Waals surface area contributed by atoms with E-state index in [-0.39, 0.29) is 13.2 Å². The Hall–Kier alpha value is -4.64. The van der Waals surface area contributed by atoms with Crippen molar-refractivity contribution in [3.63, 3.8) is 0 Å². The summed E-state index contributed by atoms with van der Waals surface area (Å²) in [5.74, 6) is -0.382. The van der Waals surface area contributed by atoms with Crippen LogP contribution in [-0.2, 0) is 22.7 Å². The Morgan fingerprint density at radius 1 is 1.13 bits per heavy atom. The normalized spacial score (nSPS) is 17.5. The Morgan fingerprint density at radius 2 is 1.97 bits per heavy atom. The highest BCUT2D eigenvalue weighted by Crippen LogP contribution is 2.27. The van der Waals surface area contributed by atoms with Gasteiger partial charge in [-0.15, -0.1) is 0 Å². The number of anilines is 2. The van der Waals surface area contributed by atoms with Crippen molar-refractivity contribution in [1.29, 1.82) is 0 Å². The van der Waals surface area contributed by atoms with Crippen LogP contribution in [0.1, 0.15) is 17.5 Å². The number of nitrogens with zero attached hydrogens (tertiary/aromatic N) is 4. The lowest BCUT2D eigenvalue weighted by atomic mass is 9.92. The number of carboxylic acids is 1. The van der Waals surface area contributed by atoms with Crippen LogP contribution in [0.3, 0.4) is 0 Å². The molecule has 1 unspecified atom stereocenters. The molecule has 1 saturated heterocycles. The molecule has 0 bridgehead atoms. The molecule has 3 N–H and O–H groups in total. The van der Waals surface area contributed by atoms with Crippen molar-refractivity contribution in [2.75, 3.05) is 25.5 Å². The molecule has 0 radical (unpaired) electrons. The number of nitrogens with one attached hydrogen (secondary N) is 2. The third kappa shape index (κ3) is 6.27. The SMILES string of the molecule is COc1cccc(Nc2ncnn3ccc(CN4CC[C@H](NC(=O)OCc5ccccc5)C(C(=O)O)C4)c23)c1. The van der Waals surface area contributed by atoms with Gasteiger partial charge < -0.3 is 25.2 Å². The Balaban J connectivity index is 1.25. The number of benzene rings is 2. The molecule has 202 valence electrons. The number of methoxy groups -OCH3 is 1. The zero-order valence-corrected chi connectivity index (χ0v) is 21.5. The van der Waals surface area contributed by atoms with Gasteiger partial charge in [-0.1, -0.05) is 36.4 Å². The summed E-state index contributed by atoms with van der Waals surface area (Å²) in [5.41, 5.74) is 3.44. The average Bonchev–Trinajstić information content (AvgIpc) is 3.37. The van der Waals surface area contributed by atoms with Gasteiger partial charge in [0.05, 0.1) is 13.0 Å². The van der Waals surface area contributed by atoms with Crippen LogP contribution in [0.2, 0.25) is 0 Å². The molecule has 0 saturated carbocycles. The van der Waals surface area contributed by atoms with Crippen LogP contribution in [-0.4, -0.2) is 62.9 Å². The number of hydrogen-bond acceptors (Lipinski definition) is 8. The lowest BCUT2D eigenvalue weighted by Gasteiger charge is -2.36. The number of rotatable bonds is 9. The first kappa shape index (κ1) is 26.0. The predicted molar refractivity (Wildman–Crippen MR) is 144 cm³/mol. The smallest absolute Gasteiger partial charge is 0.407 e. The van der Waals surface area contributed by atoms with E-state index in [4.69, 9.17) is 9.47 Å². The Bertz CT molecular complexity index is 1440. The molecule has 1 amide bonds. The van der Waals surface area contributed by atoms with Crippen LogP contribution in [0.25, 0.3) is 5.52 Å². The van der Waals surface area contributed by atoms with Crippen molar-refractivity contribution < 1.29 is 24.2 Å². The number of ether oxygens (including phenoxy) is 2. The van der Waals surface area contributed by atoms with Gasteiger partial charge in [0.2, 0.25) is 0 Å². The summed E-state index contributed by atoms with van der Waals surface area (Å²) < 4.78 is 12.4. The van der Waals surface area contributed by atoms with Crippen LogP contribution < -0.4 is 15.4 Å². The highest BCUT2D eigenvalue weighted by Gasteiger charge is 2.36. The van der Waals surface area contributed by atoms with Crippen LogP contribution in [0.15, 0.2) is 73.2 Å². The molecule has 11 heteroatoms. The summed E-state index contributed by atoms with van der Waals surface area (Å²) in [7, 11) is 1.61. The molecular formula is C28H30N6O5. The van der Waals surface area contributed by atoms with Crippen molar-refractivity contribution in [1.82, 2.24) is 24.8 Å². The largest absolute Gasteiger partial charge is 0.497 e. The zero-order chi connectivity index (χ0) is 27.2. The second kappa shape index (κ2) is 11.8. The van der Waals surface area contributed by atoms with Gasteiger partial charge in [-0.25, -0.2) is 14.3 Å². The van der Waals surface area contributed by atoms with Gasteiger partial charge in [0.15, 0.2) is 5.82 Å². The summed E-state index contributed by atoms with van der Waals surface area (Å²) in [6.45, 7) is 1.52. The molecular weight excluding hydrogens is 500 g/mol. The standard InChI is InChI=1S/C28H30N6O5/c1-38-22-9-5-8-21(14-22)31-26-25-20(10-13-34(25)30-18-29-26)15-33-12-11-24(23(16-33)27(35)36)32-28(37)39-17-19-6-3-2-4-7-19/h2-10,13-14,18,23-24H,11-12,15-17H2,1H3,(H,32,37)(H,35,36)(H,29,30,31)/t23?,24-/m0/s1. The van der Waals surface area contributed by atoms with Crippen molar-refractivity contribution in [3.8, 4) is 5.75 Å². The molecule has 2 aromatic heterocycles. The molecule has 11 nitrogen and oxygen atoms in total. The van der Waals surface area contributed by atoms with E-state index in [1.54, 1.807) is 11.6 Å². The number of likely N-dealkylation sites (tertiary alicyclic amines) is 1. The van der Waals surface area contributed by atoms with Crippen molar-refractivity contribution in [2.24, 2.45) is 5.92 Å². The molecule has 3 heterocycles. The summed E-state index contributed by atoms with van der Waals surface area (Å²) in [6, 6.07) is 18.3. The van der Waals surface area contributed by atoms with Crippen molar-refractivity contribution >= 4 is 29.1 Å². The van der Waals surface area contributed by atoms with E-state index in [1.165, 1.54) is 6.33 Å². The van der Waals surface area contributed by atoms with Crippen LogP contribution in [0.4, 0.5) is 16.3 Å². The molecule has 1 aliphatic rings. The van der Waals surface area contributed by atoms with E-state index >= 15 is 0 Å². The number of aromatic nitrogens is 3. The Labute approximate surface area is 225 Å². The molecule has 5 rings (SSSR count). The third-order valence-electron chi connectivity index (χ3n) is 6.79. The van der Waals surface area contributed by atoms with E-state index in [1.807, 2.05) is 66.9 Å². The lowest BCUT2D eigenvalue weighted by molar-refractivity contribution is -0.144. The monoisotopic (exact) mass is 530 g/mol. The Kier molecular flexibility index (Phi) is 7.88. The first-order chi connectivity index (χ1) is 19.0. The maximum atomic E-state index is 12.4. The maximum absolute atomic E-state index is 12.4. The molecule has 0 aliphatic carbocycles. The van der Waals surface area contributed by atoms with Gasteiger partial charge >= 0.3 is 12.1 Å². The van der Waals surface area contributed by atoms with E-state index in [0.29, 0.717) is 25.3 Å². The van der Waals surface area contributed by atoms with Crippen molar-refractivity contribution in [3.05, 3.63) is 84.3 Å². The molecule has 1 aliphatic heterocycles. The van der Waals surface area contributed by atoms with Gasteiger partial charge in [0, 0.05) is 43.6 Å². The zero-order valence-electron chi connectivity index (χ0n) is 21.5. The van der Waals surface area contributed by atoms with Gasteiger partial charge in [-0.3, -0.25) is 9.69 Å².